The van der Waals surface area contributed by atoms with Crippen LogP contribution in [0.15, 0.2) is 22.2 Å². The fraction of sp³-hybridized carbons (Fsp3) is 0.524. The highest BCUT2D eigenvalue weighted by molar-refractivity contribution is 7.72. The van der Waals surface area contributed by atoms with E-state index in [1.165, 1.54) is 17.9 Å². The van der Waals surface area contributed by atoms with Crippen LogP contribution in [0.3, 0.4) is 0 Å². The molecule has 0 aliphatic carbocycles. The van der Waals surface area contributed by atoms with Crippen LogP contribution in [0.5, 0.6) is 0 Å². The minimum Gasteiger partial charge on any atom is -0.387 e. The molecule has 0 radical (unpaired) electrons. The Kier molecular flexibility index (Phi) is 11.4. The lowest BCUT2D eigenvalue weighted by molar-refractivity contribution is -0.745. The van der Waals surface area contributed by atoms with Crippen molar-refractivity contribution < 1.29 is 90.0 Å². The van der Waals surface area contributed by atoms with Gasteiger partial charge >= 0.3 is 36.8 Å². The normalized spacial score (nSPS) is 29.9. The van der Waals surface area contributed by atoms with Crippen molar-refractivity contribution in [2.75, 3.05) is 24.7 Å². The maximum atomic E-state index is 12.6. The summed E-state index contributed by atoms with van der Waals surface area (Å²) in [5.74, 6) is -0.635. The minimum atomic E-state index is -6.19. The Labute approximate surface area is 308 Å². The van der Waals surface area contributed by atoms with Gasteiger partial charge in [-0.3, -0.25) is 37.7 Å². The Morgan fingerprint density at radius 3 is 2.14 bits per heavy atom. The molecule has 12 atom stereocenters. The SMILES string of the molecule is Cn1c[n+]([C@@H]2O[C@H](COP(=O)(O)NP(=O)(O)OP(=O)(O)OP(=O)(O)OC[C@H]3O[C@@H](n4cnc5c(=O)[nH]c(N)nc54)[C@H](O)[C@@H]3O)[C@@H](O)[C@H]2O)c2nc(N)[nH]c(=O)c21. The number of aliphatic hydroxyl groups is 4. The van der Waals surface area contributed by atoms with Gasteiger partial charge in [0.2, 0.25) is 17.7 Å². The number of aromatic amines is 2. The molecule has 2 aliphatic heterocycles. The first-order valence-electron chi connectivity index (χ1n) is 15.2. The van der Waals surface area contributed by atoms with Crippen molar-refractivity contribution in [2.24, 2.45) is 7.05 Å². The highest BCUT2D eigenvalue weighted by Gasteiger charge is 2.50. The monoisotopic (exact) mass is 882 g/mol. The van der Waals surface area contributed by atoms with Crippen LogP contribution in [0.2, 0.25) is 0 Å². The average Bonchev–Trinajstić information content (AvgIpc) is 3.77. The van der Waals surface area contributed by atoms with Gasteiger partial charge in [-0.2, -0.15) is 13.6 Å². The number of imidazole rings is 2. The quantitative estimate of drug-likeness (QED) is 0.0417. The summed E-state index contributed by atoms with van der Waals surface area (Å²) in [6.45, 7) is -2.26. The number of H-pyrrole nitrogens is 2. The number of aromatic nitrogens is 8. The summed E-state index contributed by atoms with van der Waals surface area (Å²) < 4.78 is 81.3. The molecular formula is C21H32N11O20P4+. The molecule has 35 heteroatoms. The van der Waals surface area contributed by atoms with Gasteiger partial charge in [-0.25, -0.2) is 27.8 Å². The Morgan fingerprint density at radius 2 is 1.45 bits per heavy atom. The van der Waals surface area contributed by atoms with Gasteiger partial charge < -0.3 is 60.9 Å². The number of rotatable bonds is 14. The zero-order valence-corrected chi connectivity index (χ0v) is 31.4. The molecule has 2 aliphatic rings. The topological polar surface area (TPSA) is 468 Å². The third kappa shape index (κ3) is 8.71. The minimum absolute atomic E-state index is 0.0126. The summed E-state index contributed by atoms with van der Waals surface area (Å²) in [6.07, 6.45) is -11.4. The highest BCUT2D eigenvalue weighted by Crippen LogP contribution is 2.68. The van der Waals surface area contributed by atoms with Crippen LogP contribution in [-0.4, -0.2) is 124 Å². The predicted octanol–water partition coefficient (Wildman–Crippen LogP) is -4.86. The van der Waals surface area contributed by atoms with E-state index in [-0.39, 0.29) is 34.2 Å². The van der Waals surface area contributed by atoms with E-state index in [0.29, 0.717) is 0 Å². The zero-order chi connectivity index (χ0) is 41.3. The van der Waals surface area contributed by atoms with Gasteiger partial charge in [0.1, 0.15) is 36.6 Å². The van der Waals surface area contributed by atoms with Crippen LogP contribution in [0, 0.1) is 0 Å². The van der Waals surface area contributed by atoms with Gasteiger partial charge in [0.15, 0.2) is 23.7 Å². The molecule has 56 heavy (non-hydrogen) atoms. The van der Waals surface area contributed by atoms with Crippen molar-refractivity contribution >= 4 is 65.4 Å². The molecule has 2 fully saturated rings. The second kappa shape index (κ2) is 15.1. The molecule has 0 aromatic carbocycles. The summed E-state index contributed by atoms with van der Waals surface area (Å²) in [5, 5.41) is 42.1. The summed E-state index contributed by atoms with van der Waals surface area (Å²) in [6, 6.07) is 0. The first-order chi connectivity index (χ1) is 25.9. The van der Waals surface area contributed by atoms with Crippen molar-refractivity contribution in [3.63, 3.8) is 0 Å². The molecule has 4 aromatic heterocycles. The summed E-state index contributed by atoms with van der Waals surface area (Å²) >= 11 is 0. The molecule has 31 nitrogen and oxygen atoms in total. The molecule has 0 saturated carbocycles. The van der Waals surface area contributed by atoms with E-state index in [0.717, 1.165) is 20.3 Å². The van der Waals surface area contributed by atoms with Crippen LogP contribution in [-0.2, 0) is 52.5 Å². The number of aliphatic hydroxyl groups excluding tert-OH is 4. The smallest absolute Gasteiger partial charge is 0.387 e. The van der Waals surface area contributed by atoms with E-state index in [9.17, 15) is 67.8 Å². The van der Waals surface area contributed by atoms with E-state index in [1.807, 2.05) is 0 Å². The molecule has 2 saturated heterocycles. The van der Waals surface area contributed by atoms with Crippen molar-refractivity contribution in [1.29, 1.82) is 0 Å². The summed E-state index contributed by atoms with van der Waals surface area (Å²) in [7, 11) is -22.1. The fourth-order valence-electron chi connectivity index (χ4n) is 5.64. The molecule has 4 aromatic rings. The largest absolute Gasteiger partial charge is 0.489 e. The number of ether oxygens (including phenoxy) is 2. The Balaban J connectivity index is 1.03. The number of fused-ring (bicyclic) bond motifs is 2. The summed E-state index contributed by atoms with van der Waals surface area (Å²) in [4.78, 5) is 81.5. The summed E-state index contributed by atoms with van der Waals surface area (Å²) in [5.41, 5.74) is 9.21. The van der Waals surface area contributed by atoms with Crippen LogP contribution < -0.4 is 32.0 Å². The molecule has 6 rings (SSSR count). The average molecular weight is 882 g/mol. The van der Waals surface area contributed by atoms with Crippen molar-refractivity contribution in [3.8, 4) is 0 Å². The van der Waals surface area contributed by atoms with Gasteiger partial charge in [-0.15, -0.1) is 4.86 Å². The fourth-order valence-corrected chi connectivity index (χ4v) is 11.0. The second-order valence-electron chi connectivity index (χ2n) is 12.0. The van der Waals surface area contributed by atoms with Crippen molar-refractivity contribution in [1.82, 2.24) is 38.9 Å². The standard InChI is InChI=1S/C21H31N11O20P4/c1-30-5-32(15-9(30)17(38)28-21(23)26-15)19-13(36)10(33)6(50-19)2-47-53(39,40)29-54(41,42)51-56(45,46)52-55(43,44)48-3-7-11(34)12(35)18(49-7)31-4-24-8-14(31)25-20(22)27-16(8)37/h4-7,10-13,18-19,33-36H,2-3H2,1H3,(H10-,22,23,25,26,27,28,29,37,38,39,40,41,42,43,44,45,46)/p+1/t6-,7-,10-,11-,12-,13-,18-,19-/m1/s1. The molecule has 0 bridgehead atoms. The van der Waals surface area contributed by atoms with E-state index >= 15 is 0 Å². The highest BCUT2D eigenvalue weighted by atomic mass is 31.3. The Morgan fingerprint density at radius 1 is 0.839 bits per heavy atom. The maximum Gasteiger partial charge on any atom is 0.489 e. The van der Waals surface area contributed by atoms with Crippen molar-refractivity contribution in [2.45, 2.75) is 49.1 Å². The Hall–Kier alpha value is -3.38. The lowest BCUT2D eigenvalue weighted by Crippen LogP contribution is -2.46. The van der Waals surface area contributed by atoms with Gasteiger partial charge in [-0.1, -0.05) is 4.98 Å². The molecule has 15 N–H and O–H groups in total. The lowest BCUT2D eigenvalue weighted by atomic mass is 10.1. The van der Waals surface area contributed by atoms with Crippen LogP contribution >= 0.6 is 31.1 Å². The number of nitrogens with zero attached hydrogens (tertiary/aromatic N) is 6. The molecule has 0 amide bonds. The Bertz CT molecular complexity index is 2470. The number of nitrogens with two attached hydrogens (primary N) is 2. The molecule has 4 unspecified atom stereocenters. The van der Waals surface area contributed by atoms with E-state index < -0.39 is 105 Å². The van der Waals surface area contributed by atoms with E-state index in [4.69, 9.17) is 20.9 Å². The maximum absolute atomic E-state index is 12.6. The lowest BCUT2D eigenvalue weighted by Gasteiger charge is -2.22. The first-order valence-corrected chi connectivity index (χ1v) is 21.4. The van der Waals surface area contributed by atoms with Crippen LogP contribution in [0.25, 0.3) is 22.3 Å². The van der Waals surface area contributed by atoms with Crippen LogP contribution in [0.4, 0.5) is 11.9 Å². The van der Waals surface area contributed by atoms with E-state index in [1.54, 1.807) is 0 Å². The molecule has 310 valence electrons. The first kappa shape index (κ1) is 42.2. The number of phosphoric ester groups is 1. The second-order valence-corrected chi connectivity index (χ2v) is 18.5. The molecule has 6 heterocycles. The number of hydrogen-bond donors (Lipinski definition) is 13. The van der Waals surface area contributed by atoms with Crippen LogP contribution in [0.1, 0.15) is 12.5 Å². The number of phosphoric acid groups is 2. The predicted molar refractivity (Wildman–Crippen MR) is 177 cm³/mol. The van der Waals surface area contributed by atoms with Crippen molar-refractivity contribution in [3.05, 3.63) is 33.4 Å². The zero-order valence-electron chi connectivity index (χ0n) is 27.8. The van der Waals surface area contributed by atoms with Gasteiger partial charge in [-0.05, 0) is 0 Å². The number of anilines is 2. The third-order valence-electron chi connectivity index (χ3n) is 7.95. The molecular weight excluding hydrogens is 850 g/mol. The number of aryl methyl sites for hydroxylation is 1. The third-order valence-corrected chi connectivity index (χ3v) is 14.3. The van der Waals surface area contributed by atoms with Gasteiger partial charge in [0, 0.05) is 0 Å². The number of nitrogens with one attached hydrogen (secondary N) is 3. The van der Waals surface area contributed by atoms with E-state index in [2.05, 4.69) is 42.6 Å². The van der Waals surface area contributed by atoms with Gasteiger partial charge in [0.05, 0.1) is 26.6 Å². The van der Waals surface area contributed by atoms with Gasteiger partial charge in [0.25, 0.3) is 17.1 Å². The molecule has 0 spiro atoms. The number of nitrogen functional groups attached to an aromatic ring is 2. The number of hydrogen-bond acceptors (Lipinski definition) is 21.